The molecule has 0 radical (unpaired) electrons. The quantitative estimate of drug-likeness (QED) is 0.597. The molecule has 0 bridgehead atoms. The maximum Gasteiger partial charge on any atom is 0.302 e. The Bertz CT molecular complexity index is 600. The molecule has 1 aromatic carbocycles. The SMILES string of the molecule is CC(=O)OC/C=C1/Cc2ccc3c(c2C1=O)OCO3. The van der Waals surface area contributed by atoms with E-state index in [1.54, 1.807) is 6.08 Å². The smallest absolute Gasteiger partial charge is 0.302 e. The molecule has 0 saturated heterocycles. The van der Waals surface area contributed by atoms with Crippen molar-refractivity contribution in [3.05, 3.63) is 34.9 Å². The minimum Gasteiger partial charge on any atom is -0.462 e. The number of rotatable bonds is 2. The first-order valence-electron chi connectivity index (χ1n) is 5.95. The molecule has 0 atom stereocenters. The molecular weight excluding hydrogens is 248 g/mol. The number of carbonyl (C=O) groups excluding carboxylic acids is 2. The van der Waals surface area contributed by atoms with Crippen LogP contribution in [0.5, 0.6) is 11.5 Å². The first-order chi connectivity index (χ1) is 9.16. The monoisotopic (exact) mass is 260 g/mol. The molecule has 0 fully saturated rings. The number of fused-ring (bicyclic) bond motifs is 3. The van der Waals surface area contributed by atoms with Crippen molar-refractivity contribution >= 4 is 11.8 Å². The van der Waals surface area contributed by atoms with Crippen LogP contribution in [0, 0.1) is 0 Å². The van der Waals surface area contributed by atoms with E-state index in [2.05, 4.69) is 0 Å². The fourth-order valence-corrected chi connectivity index (χ4v) is 2.28. The summed E-state index contributed by atoms with van der Waals surface area (Å²) in [4.78, 5) is 23.0. The van der Waals surface area contributed by atoms with Gasteiger partial charge in [0.1, 0.15) is 6.61 Å². The fourth-order valence-electron chi connectivity index (χ4n) is 2.28. The van der Waals surface area contributed by atoms with Gasteiger partial charge in [0, 0.05) is 18.9 Å². The Morgan fingerprint density at radius 1 is 1.42 bits per heavy atom. The number of benzene rings is 1. The molecule has 0 spiro atoms. The molecule has 5 nitrogen and oxygen atoms in total. The lowest BCUT2D eigenvalue weighted by Crippen LogP contribution is -2.02. The van der Waals surface area contributed by atoms with Gasteiger partial charge >= 0.3 is 5.97 Å². The van der Waals surface area contributed by atoms with Crippen LogP contribution in [-0.4, -0.2) is 25.2 Å². The highest BCUT2D eigenvalue weighted by atomic mass is 16.7. The molecule has 3 rings (SSSR count). The van der Waals surface area contributed by atoms with E-state index in [1.807, 2.05) is 12.1 Å². The van der Waals surface area contributed by atoms with Crippen LogP contribution in [0.15, 0.2) is 23.8 Å². The molecular formula is C14H12O5. The molecule has 1 aliphatic carbocycles. The topological polar surface area (TPSA) is 61.8 Å². The lowest BCUT2D eigenvalue weighted by Gasteiger charge is -2.01. The van der Waals surface area contributed by atoms with E-state index in [4.69, 9.17) is 14.2 Å². The Hall–Kier alpha value is -2.30. The summed E-state index contributed by atoms with van der Waals surface area (Å²) < 4.78 is 15.4. The molecule has 0 N–H and O–H groups in total. The Morgan fingerprint density at radius 2 is 2.26 bits per heavy atom. The summed E-state index contributed by atoms with van der Waals surface area (Å²) in [6.45, 7) is 1.59. The van der Waals surface area contributed by atoms with Gasteiger partial charge in [0.15, 0.2) is 17.3 Å². The van der Waals surface area contributed by atoms with E-state index in [9.17, 15) is 9.59 Å². The van der Waals surface area contributed by atoms with Gasteiger partial charge in [-0.25, -0.2) is 0 Å². The second-order valence-corrected chi connectivity index (χ2v) is 4.37. The summed E-state index contributed by atoms with van der Waals surface area (Å²) in [5.41, 5.74) is 2.12. The molecule has 5 heteroatoms. The van der Waals surface area contributed by atoms with E-state index < -0.39 is 0 Å². The zero-order valence-corrected chi connectivity index (χ0v) is 10.4. The standard InChI is InChI=1S/C14H12O5/c1-8(15)17-5-4-10-6-9-2-3-11-14(19-7-18-11)12(9)13(10)16/h2-4H,5-7H2,1H3/b10-4-. The van der Waals surface area contributed by atoms with Gasteiger partial charge in [-0.15, -0.1) is 0 Å². The molecule has 1 heterocycles. The summed E-state index contributed by atoms with van der Waals surface area (Å²) in [5, 5.41) is 0. The van der Waals surface area contributed by atoms with Crippen molar-refractivity contribution in [2.24, 2.45) is 0 Å². The number of Topliss-reactive ketones (excluding diaryl/α,β-unsaturated/α-hetero) is 1. The van der Waals surface area contributed by atoms with E-state index in [1.165, 1.54) is 6.92 Å². The number of hydrogen-bond acceptors (Lipinski definition) is 5. The Balaban J connectivity index is 1.88. The van der Waals surface area contributed by atoms with Crippen LogP contribution >= 0.6 is 0 Å². The van der Waals surface area contributed by atoms with E-state index in [0.29, 0.717) is 29.1 Å². The van der Waals surface area contributed by atoms with Crippen molar-refractivity contribution in [2.45, 2.75) is 13.3 Å². The molecule has 0 unspecified atom stereocenters. The maximum atomic E-state index is 12.3. The lowest BCUT2D eigenvalue weighted by atomic mass is 10.1. The van der Waals surface area contributed by atoms with Crippen LogP contribution in [0.1, 0.15) is 22.8 Å². The van der Waals surface area contributed by atoms with Crippen molar-refractivity contribution in [2.75, 3.05) is 13.4 Å². The predicted molar refractivity (Wildman–Crippen MR) is 65.3 cm³/mol. The second kappa shape index (κ2) is 4.42. The van der Waals surface area contributed by atoms with Crippen molar-refractivity contribution < 1.29 is 23.8 Å². The third-order valence-electron chi connectivity index (χ3n) is 3.14. The van der Waals surface area contributed by atoms with Gasteiger partial charge in [0.25, 0.3) is 0 Å². The number of ketones is 1. The molecule has 0 amide bonds. The largest absolute Gasteiger partial charge is 0.462 e. The minimum atomic E-state index is -0.363. The zero-order valence-electron chi connectivity index (χ0n) is 10.4. The summed E-state index contributed by atoms with van der Waals surface area (Å²) in [7, 11) is 0. The average molecular weight is 260 g/mol. The van der Waals surface area contributed by atoms with Crippen molar-refractivity contribution in [1.82, 2.24) is 0 Å². The van der Waals surface area contributed by atoms with Crippen LogP contribution in [0.2, 0.25) is 0 Å². The maximum absolute atomic E-state index is 12.3. The van der Waals surface area contributed by atoms with Gasteiger partial charge in [-0.1, -0.05) is 6.07 Å². The third kappa shape index (κ3) is 1.97. The molecule has 1 aliphatic heterocycles. The van der Waals surface area contributed by atoms with Gasteiger partial charge in [0.05, 0.1) is 5.56 Å². The van der Waals surface area contributed by atoms with Crippen molar-refractivity contribution in [3.8, 4) is 11.5 Å². The number of carbonyl (C=O) groups is 2. The first-order valence-corrected chi connectivity index (χ1v) is 5.95. The van der Waals surface area contributed by atoms with Crippen LogP contribution in [0.4, 0.5) is 0 Å². The molecule has 2 aliphatic rings. The first kappa shape index (κ1) is 11.8. The predicted octanol–water partition coefficient (Wildman–Crippen LogP) is 1.64. The van der Waals surface area contributed by atoms with Gasteiger partial charge in [-0.3, -0.25) is 9.59 Å². The van der Waals surface area contributed by atoms with Gasteiger partial charge in [-0.05, 0) is 17.7 Å². The Labute approximate surface area is 109 Å². The zero-order chi connectivity index (χ0) is 13.4. The molecule has 0 saturated carbocycles. The number of esters is 1. The summed E-state index contributed by atoms with van der Waals surface area (Å²) in [6.07, 6.45) is 2.18. The number of ether oxygens (including phenoxy) is 3. The Morgan fingerprint density at radius 3 is 3.05 bits per heavy atom. The summed E-state index contributed by atoms with van der Waals surface area (Å²) in [5.74, 6) is 0.689. The van der Waals surface area contributed by atoms with E-state index in [0.717, 1.165) is 5.56 Å². The van der Waals surface area contributed by atoms with Crippen LogP contribution in [0.3, 0.4) is 0 Å². The molecule has 1 aromatic rings. The van der Waals surface area contributed by atoms with E-state index in [-0.39, 0.29) is 25.2 Å². The summed E-state index contributed by atoms with van der Waals surface area (Å²) in [6, 6.07) is 3.68. The molecule has 0 aromatic heterocycles. The van der Waals surface area contributed by atoms with Crippen molar-refractivity contribution in [3.63, 3.8) is 0 Å². The third-order valence-corrected chi connectivity index (χ3v) is 3.14. The van der Waals surface area contributed by atoms with Gasteiger partial charge in [-0.2, -0.15) is 0 Å². The minimum absolute atomic E-state index is 0.0792. The van der Waals surface area contributed by atoms with Crippen LogP contribution in [-0.2, 0) is 16.0 Å². The highest BCUT2D eigenvalue weighted by molar-refractivity contribution is 6.15. The highest BCUT2D eigenvalue weighted by Crippen LogP contribution is 2.42. The Kier molecular flexibility index (Phi) is 2.74. The van der Waals surface area contributed by atoms with Gasteiger partial charge < -0.3 is 14.2 Å². The summed E-state index contributed by atoms with van der Waals surface area (Å²) >= 11 is 0. The second-order valence-electron chi connectivity index (χ2n) is 4.37. The molecule has 98 valence electrons. The fraction of sp³-hybridized carbons (Fsp3) is 0.286. The number of allylic oxidation sites excluding steroid dienone is 1. The lowest BCUT2D eigenvalue weighted by molar-refractivity contribution is -0.139. The van der Waals surface area contributed by atoms with Crippen LogP contribution < -0.4 is 9.47 Å². The molecule has 19 heavy (non-hydrogen) atoms. The normalized spacial score (nSPS) is 17.7. The van der Waals surface area contributed by atoms with Crippen LogP contribution in [0.25, 0.3) is 0 Å². The highest BCUT2D eigenvalue weighted by Gasteiger charge is 2.32. The number of hydrogen-bond donors (Lipinski definition) is 0. The average Bonchev–Trinajstić information content (AvgIpc) is 2.94. The van der Waals surface area contributed by atoms with Crippen molar-refractivity contribution in [1.29, 1.82) is 0 Å². The van der Waals surface area contributed by atoms with Gasteiger partial charge in [0.2, 0.25) is 6.79 Å². The van der Waals surface area contributed by atoms with E-state index >= 15 is 0 Å².